The molecule has 1 aromatic carbocycles. The molecule has 0 amide bonds. The van der Waals surface area contributed by atoms with Gasteiger partial charge in [0, 0.05) is 10.6 Å². The third-order valence-corrected chi connectivity index (χ3v) is 2.62. The highest BCUT2D eigenvalue weighted by Crippen LogP contribution is 2.17. The Morgan fingerprint density at radius 3 is 2.58 bits per heavy atom. The number of benzene rings is 1. The van der Waals surface area contributed by atoms with Gasteiger partial charge in [-0.05, 0) is 32.0 Å². The molecule has 0 aliphatic rings. The Morgan fingerprint density at radius 2 is 2.00 bits per heavy atom. The molecule has 66 valence electrons. The molecule has 0 saturated carbocycles. The van der Waals surface area contributed by atoms with Gasteiger partial charge >= 0.3 is 0 Å². The molecule has 3 heteroatoms. The Hall–Kier alpha value is -0.120. The average molecular weight is 200 g/mol. The van der Waals surface area contributed by atoms with Gasteiger partial charge in [-0.2, -0.15) is 0 Å². The molecule has 0 atom stereocenters. The first-order valence-electron chi connectivity index (χ1n) is 3.79. The summed E-state index contributed by atoms with van der Waals surface area (Å²) in [7, 11) is 0. The predicted octanol–water partition coefficient (Wildman–Crippen LogP) is 2.95. The summed E-state index contributed by atoms with van der Waals surface area (Å²) in [6, 6.07) is 8.48. The fourth-order valence-electron chi connectivity index (χ4n) is 0.831. The minimum atomic E-state index is 0.682. The maximum atomic E-state index is 4.66. The van der Waals surface area contributed by atoms with E-state index in [1.807, 2.05) is 0 Å². The molecule has 1 nitrogen and oxygen atoms in total. The molecule has 0 aliphatic heterocycles. The normalized spacial score (nSPS) is 10.2. The van der Waals surface area contributed by atoms with Crippen LogP contribution in [0, 0.1) is 6.92 Å². The number of rotatable bonds is 4. The molecule has 0 aromatic heterocycles. The molecule has 0 radical (unpaired) electrons. The van der Waals surface area contributed by atoms with E-state index in [-0.39, 0.29) is 0 Å². The van der Waals surface area contributed by atoms with E-state index in [4.69, 9.17) is 0 Å². The Bertz CT molecular complexity index is 220. The van der Waals surface area contributed by atoms with Gasteiger partial charge in [0.2, 0.25) is 0 Å². The lowest BCUT2D eigenvalue weighted by Crippen LogP contribution is -1.87. The molecular weight excluding hydrogens is 188 g/mol. The zero-order valence-corrected chi connectivity index (χ0v) is 8.70. The number of hydrogen-bond donors (Lipinski definition) is 1. The fraction of sp³-hybridized carbons (Fsp3) is 0.333. The van der Waals surface area contributed by atoms with E-state index in [0.29, 0.717) is 6.61 Å². The van der Waals surface area contributed by atoms with Gasteiger partial charge in [0.15, 0.2) is 0 Å². The fourth-order valence-corrected chi connectivity index (χ4v) is 1.78. The van der Waals surface area contributed by atoms with Crippen molar-refractivity contribution >= 4 is 24.7 Å². The van der Waals surface area contributed by atoms with Crippen LogP contribution in [-0.2, 0) is 4.18 Å². The van der Waals surface area contributed by atoms with Gasteiger partial charge in [-0.1, -0.05) is 17.7 Å². The molecule has 1 rings (SSSR count). The van der Waals surface area contributed by atoms with Gasteiger partial charge in [-0.25, -0.2) is 0 Å². The quantitative estimate of drug-likeness (QED) is 0.346. The zero-order chi connectivity index (χ0) is 8.81. The highest BCUT2D eigenvalue weighted by molar-refractivity contribution is 7.99. The smallest absolute Gasteiger partial charge is 0.0704 e. The second-order valence-electron chi connectivity index (χ2n) is 2.49. The number of aryl methyl sites for hydroxylation is 1. The van der Waals surface area contributed by atoms with Crippen molar-refractivity contribution in [3.63, 3.8) is 0 Å². The van der Waals surface area contributed by atoms with Gasteiger partial charge in [-0.15, -0.1) is 11.8 Å². The van der Waals surface area contributed by atoms with Crippen LogP contribution in [0.4, 0.5) is 0 Å². The highest BCUT2D eigenvalue weighted by atomic mass is 32.2. The number of thiol groups is 1. The van der Waals surface area contributed by atoms with Crippen molar-refractivity contribution in [3.8, 4) is 0 Å². The third-order valence-electron chi connectivity index (χ3n) is 1.46. The topological polar surface area (TPSA) is 9.23 Å². The molecule has 0 bridgehead atoms. The van der Waals surface area contributed by atoms with Crippen molar-refractivity contribution < 1.29 is 4.18 Å². The summed E-state index contributed by atoms with van der Waals surface area (Å²) in [5, 5.41) is 0. The summed E-state index contributed by atoms with van der Waals surface area (Å²) in [6.07, 6.45) is 0. The molecule has 0 saturated heterocycles. The van der Waals surface area contributed by atoms with E-state index in [2.05, 4.69) is 48.3 Å². The Morgan fingerprint density at radius 1 is 1.33 bits per heavy atom. The Labute approximate surface area is 83.1 Å². The minimum absolute atomic E-state index is 0.682. The lowest BCUT2D eigenvalue weighted by molar-refractivity contribution is 0.415. The molecule has 0 aliphatic carbocycles. The SMILES string of the molecule is Cc1ccc(SCCOS)cc1. The third kappa shape index (κ3) is 3.52. The molecule has 1 aromatic rings. The lowest BCUT2D eigenvalue weighted by Gasteiger charge is -1.99. The van der Waals surface area contributed by atoms with Crippen molar-refractivity contribution in [1.82, 2.24) is 0 Å². The van der Waals surface area contributed by atoms with Crippen LogP contribution in [0.1, 0.15) is 5.56 Å². The van der Waals surface area contributed by atoms with Crippen LogP contribution in [-0.4, -0.2) is 12.4 Å². The van der Waals surface area contributed by atoms with Crippen LogP contribution in [0.15, 0.2) is 29.2 Å². The van der Waals surface area contributed by atoms with Gasteiger partial charge < -0.3 is 4.18 Å². The predicted molar refractivity (Wildman–Crippen MR) is 56.8 cm³/mol. The van der Waals surface area contributed by atoms with Crippen molar-refractivity contribution in [3.05, 3.63) is 29.8 Å². The van der Waals surface area contributed by atoms with E-state index in [1.54, 1.807) is 11.8 Å². The zero-order valence-electron chi connectivity index (χ0n) is 6.99. The van der Waals surface area contributed by atoms with Gasteiger partial charge in [0.05, 0.1) is 6.61 Å². The summed E-state index contributed by atoms with van der Waals surface area (Å²) < 4.78 is 4.66. The minimum Gasteiger partial charge on any atom is -0.318 e. The summed E-state index contributed by atoms with van der Waals surface area (Å²) in [5.41, 5.74) is 1.30. The molecule has 0 N–H and O–H groups in total. The van der Waals surface area contributed by atoms with E-state index in [9.17, 15) is 0 Å². The summed E-state index contributed by atoms with van der Waals surface area (Å²) in [6.45, 7) is 2.77. The molecule has 12 heavy (non-hydrogen) atoms. The van der Waals surface area contributed by atoms with E-state index in [0.717, 1.165) is 5.75 Å². The van der Waals surface area contributed by atoms with Crippen molar-refractivity contribution in [2.24, 2.45) is 0 Å². The maximum absolute atomic E-state index is 4.66. The van der Waals surface area contributed by atoms with Crippen molar-refractivity contribution in [1.29, 1.82) is 0 Å². The lowest BCUT2D eigenvalue weighted by atomic mass is 10.2. The van der Waals surface area contributed by atoms with Crippen LogP contribution in [0.5, 0.6) is 0 Å². The summed E-state index contributed by atoms with van der Waals surface area (Å²) >= 11 is 5.45. The standard InChI is InChI=1S/C9H12OS2/c1-8-2-4-9(5-3-8)12-7-6-10-11/h2-5,11H,6-7H2,1H3. The van der Waals surface area contributed by atoms with E-state index >= 15 is 0 Å². The van der Waals surface area contributed by atoms with Crippen molar-refractivity contribution in [2.75, 3.05) is 12.4 Å². The van der Waals surface area contributed by atoms with Crippen LogP contribution >= 0.6 is 24.7 Å². The number of thioether (sulfide) groups is 1. The van der Waals surface area contributed by atoms with Gasteiger partial charge in [0.25, 0.3) is 0 Å². The first-order chi connectivity index (χ1) is 5.83. The first kappa shape index (κ1) is 9.96. The summed E-state index contributed by atoms with van der Waals surface area (Å²) in [5.74, 6) is 0.951. The van der Waals surface area contributed by atoms with Crippen LogP contribution in [0.3, 0.4) is 0 Å². The maximum Gasteiger partial charge on any atom is 0.0704 e. The molecular formula is C9H12OS2. The monoisotopic (exact) mass is 200 g/mol. The van der Waals surface area contributed by atoms with E-state index < -0.39 is 0 Å². The number of hydrogen-bond acceptors (Lipinski definition) is 3. The molecule has 0 fully saturated rings. The first-order valence-corrected chi connectivity index (χ1v) is 5.14. The molecule has 0 spiro atoms. The molecule has 0 heterocycles. The van der Waals surface area contributed by atoms with Crippen LogP contribution in [0.25, 0.3) is 0 Å². The second-order valence-corrected chi connectivity index (χ2v) is 3.92. The van der Waals surface area contributed by atoms with Crippen LogP contribution < -0.4 is 0 Å². The van der Waals surface area contributed by atoms with E-state index in [1.165, 1.54) is 10.5 Å². The van der Waals surface area contributed by atoms with Crippen LogP contribution in [0.2, 0.25) is 0 Å². The summed E-state index contributed by atoms with van der Waals surface area (Å²) in [4.78, 5) is 1.28. The van der Waals surface area contributed by atoms with Gasteiger partial charge in [0.1, 0.15) is 0 Å². The second kappa shape index (κ2) is 5.51. The Balaban J connectivity index is 2.37. The molecule has 0 unspecified atom stereocenters. The highest BCUT2D eigenvalue weighted by Gasteiger charge is 1.92. The largest absolute Gasteiger partial charge is 0.318 e. The van der Waals surface area contributed by atoms with Gasteiger partial charge in [-0.3, -0.25) is 0 Å². The average Bonchev–Trinajstić information content (AvgIpc) is 2.09. The van der Waals surface area contributed by atoms with Crippen molar-refractivity contribution in [2.45, 2.75) is 11.8 Å². The Kier molecular flexibility index (Phi) is 4.58.